The quantitative estimate of drug-likeness (QED) is 0.819. The lowest BCUT2D eigenvalue weighted by Gasteiger charge is -2.15. The number of nitrogens with zero attached hydrogens (tertiary/aromatic N) is 1. The molecule has 1 heterocycles. The molecule has 104 valence electrons. The minimum absolute atomic E-state index is 0.231. The Bertz CT molecular complexity index is 688. The molecule has 0 saturated carbocycles. The molecule has 1 aromatic heterocycles. The van der Waals surface area contributed by atoms with Crippen molar-refractivity contribution in [2.75, 3.05) is 5.32 Å². The first-order valence-corrected chi connectivity index (χ1v) is 7.08. The van der Waals surface area contributed by atoms with E-state index in [9.17, 15) is 4.39 Å². The largest absolute Gasteiger partial charge is 0.389 e. The molecule has 3 nitrogen and oxygen atoms in total. The van der Waals surface area contributed by atoms with Gasteiger partial charge in [0.2, 0.25) is 0 Å². The summed E-state index contributed by atoms with van der Waals surface area (Å²) in [5.74, 6) is -0.361. The van der Waals surface area contributed by atoms with Gasteiger partial charge >= 0.3 is 0 Å². The average molecular weight is 354 g/mol. The Kier molecular flexibility index (Phi) is 4.35. The number of rotatable bonds is 3. The summed E-state index contributed by atoms with van der Waals surface area (Å²) >= 11 is 8.27. The number of nitrogens with one attached hydrogen (secondary N) is 1. The molecule has 20 heavy (non-hydrogen) atoms. The van der Waals surface area contributed by atoms with Crippen molar-refractivity contribution in [1.29, 1.82) is 0 Å². The molecule has 0 aliphatic heterocycles. The third-order valence-corrected chi connectivity index (χ3v) is 3.47. The fourth-order valence-corrected chi connectivity index (χ4v) is 2.57. The van der Waals surface area contributed by atoms with E-state index in [1.54, 1.807) is 18.2 Å². The van der Waals surface area contributed by atoms with Crippen LogP contribution in [-0.2, 0) is 0 Å². The maximum atomic E-state index is 13.9. The van der Waals surface area contributed by atoms with Crippen molar-refractivity contribution in [3.8, 4) is 0 Å². The molecule has 2 rings (SSSR count). The Morgan fingerprint density at radius 3 is 2.60 bits per heavy atom. The first-order chi connectivity index (χ1) is 9.38. The first-order valence-electron chi connectivity index (χ1n) is 5.88. The molecular weight excluding hydrogens is 341 g/mol. The van der Waals surface area contributed by atoms with Gasteiger partial charge in [-0.1, -0.05) is 28.1 Å². The fraction of sp³-hybridized carbons (Fsp3) is 0.143. The highest BCUT2D eigenvalue weighted by atomic mass is 79.9. The van der Waals surface area contributed by atoms with Crippen LogP contribution >= 0.6 is 28.1 Å². The molecule has 0 spiro atoms. The number of hydrogen-bond acceptors (Lipinski definition) is 3. The normalized spacial score (nSPS) is 10.4. The zero-order valence-corrected chi connectivity index (χ0v) is 13.4. The molecule has 0 aliphatic carbocycles. The molecule has 0 amide bonds. The van der Waals surface area contributed by atoms with E-state index in [-0.39, 0.29) is 10.8 Å². The molecular formula is C14H13BrFN3S. The van der Waals surface area contributed by atoms with Crippen molar-refractivity contribution in [2.45, 2.75) is 13.8 Å². The van der Waals surface area contributed by atoms with Crippen LogP contribution in [0.25, 0.3) is 0 Å². The van der Waals surface area contributed by atoms with Gasteiger partial charge in [-0.2, -0.15) is 0 Å². The van der Waals surface area contributed by atoms with Gasteiger partial charge in [0.25, 0.3) is 0 Å². The molecule has 0 saturated heterocycles. The highest BCUT2D eigenvalue weighted by molar-refractivity contribution is 9.10. The van der Waals surface area contributed by atoms with Gasteiger partial charge in [0.1, 0.15) is 10.8 Å². The van der Waals surface area contributed by atoms with Crippen LogP contribution in [0.2, 0.25) is 0 Å². The van der Waals surface area contributed by atoms with Crippen molar-refractivity contribution < 1.29 is 4.39 Å². The van der Waals surface area contributed by atoms with E-state index in [4.69, 9.17) is 18.0 Å². The number of anilines is 2. The second kappa shape index (κ2) is 5.85. The number of hydrogen-bond donors (Lipinski definition) is 2. The summed E-state index contributed by atoms with van der Waals surface area (Å²) in [6.45, 7) is 3.68. The van der Waals surface area contributed by atoms with E-state index in [0.717, 1.165) is 11.4 Å². The van der Waals surface area contributed by atoms with Crippen LogP contribution in [0.1, 0.15) is 17.0 Å². The Morgan fingerprint density at radius 1 is 1.30 bits per heavy atom. The molecule has 0 aliphatic rings. The summed E-state index contributed by atoms with van der Waals surface area (Å²) in [6, 6.07) is 6.59. The van der Waals surface area contributed by atoms with Crippen LogP contribution in [0, 0.1) is 19.7 Å². The highest BCUT2D eigenvalue weighted by Crippen LogP contribution is 2.27. The van der Waals surface area contributed by atoms with Gasteiger partial charge in [-0.3, -0.25) is 4.98 Å². The number of halogens is 2. The van der Waals surface area contributed by atoms with Crippen LogP contribution in [0.5, 0.6) is 0 Å². The number of thiocarbonyl (C=S) groups is 1. The standard InChI is InChI=1S/C14H13BrFN3S/c1-7-5-12(13(14(17)20)8(2)18-7)19-11-4-3-9(15)6-10(11)16/h3-6H,1-2H3,(H2,17,20)(H,18,19). The number of benzene rings is 1. The lowest BCUT2D eigenvalue weighted by Crippen LogP contribution is -2.15. The minimum atomic E-state index is -0.361. The van der Waals surface area contributed by atoms with Gasteiger partial charge in [0.05, 0.1) is 16.9 Å². The molecule has 3 N–H and O–H groups in total. The molecule has 0 atom stereocenters. The second-order valence-electron chi connectivity index (χ2n) is 4.39. The monoisotopic (exact) mass is 353 g/mol. The summed E-state index contributed by atoms with van der Waals surface area (Å²) < 4.78 is 14.6. The molecule has 6 heteroatoms. The molecule has 0 fully saturated rings. The van der Waals surface area contributed by atoms with E-state index in [2.05, 4.69) is 26.2 Å². The second-order valence-corrected chi connectivity index (χ2v) is 5.74. The van der Waals surface area contributed by atoms with Gasteiger partial charge in [0.15, 0.2) is 0 Å². The highest BCUT2D eigenvalue weighted by Gasteiger charge is 2.13. The third kappa shape index (κ3) is 3.13. The summed E-state index contributed by atoms with van der Waals surface area (Å²) in [6.07, 6.45) is 0. The van der Waals surface area contributed by atoms with Crippen molar-refractivity contribution >= 4 is 44.5 Å². The summed E-state index contributed by atoms with van der Waals surface area (Å²) in [7, 11) is 0. The number of aryl methyl sites for hydroxylation is 2. The van der Waals surface area contributed by atoms with Gasteiger partial charge < -0.3 is 11.1 Å². The SMILES string of the molecule is Cc1cc(Nc2ccc(Br)cc2F)c(C(N)=S)c(C)n1. The van der Waals surface area contributed by atoms with Gasteiger partial charge in [-0.25, -0.2) is 4.39 Å². The molecule has 0 unspecified atom stereocenters. The smallest absolute Gasteiger partial charge is 0.147 e. The van der Waals surface area contributed by atoms with Gasteiger partial charge in [0, 0.05) is 15.9 Å². The zero-order valence-electron chi connectivity index (χ0n) is 11.0. The number of aromatic nitrogens is 1. The lowest BCUT2D eigenvalue weighted by molar-refractivity contribution is 0.631. The molecule has 2 aromatic rings. The first kappa shape index (κ1) is 14.9. The van der Waals surface area contributed by atoms with Crippen LogP contribution in [0.4, 0.5) is 15.8 Å². The van der Waals surface area contributed by atoms with Crippen molar-refractivity contribution in [1.82, 2.24) is 4.98 Å². The zero-order chi connectivity index (χ0) is 14.9. The van der Waals surface area contributed by atoms with Gasteiger partial charge in [-0.15, -0.1) is 0 Å². The summed E-state index contributed by atoms with van der Waals surface area (Å²) in [5.41, 5.74) is 8.90. The predicted octanol–water partition coefficient (Wildman–Crippen LogP) is 3.98. The van der Waals surface area contributed by atoms with Crippen molar-refractivity contribution in [3.63, 3.8) is 0 Å². The van der Waals surface area contributed by atoms with E-state index in [0.29, 0.717) is 21.4 Å². The maximum absolute atomic E-state index is 13.9. The van der Waals surface area contributed by atoms with E-state index in [1.807, 2.05) is 13.8 Å². The van der Waals surface area contributed by atoms with Gasteiger partial charge in [-0.05, 0) is 38.1 Å². The Hall–Kier alpha value is -1.53. The number of pyridine rings is 1. The summed E-state index contributed by atoms with van der Waals surface area (Å²) in [4.78, 5) is 4.56. The molecule has 1 aromatic carbocycles. The molecule has 0 bridgehead atoms. The van der Waals surface area contributed by atoms with Crippen molar-refractivity contribution in [3.05, 3.63) is 51.5 Å². The average Bonchev–Trinajstić information content (AvgIpc) is 2.31. The minimum Gasteiger partial charge on any atom is -0.389 e. The Labute approximate surface area is 130 Å². The Balaban J connectivity index is 2.50. The van der Waals surface area contributed by atoms with E-state index in [1.165, 1.54) is 6.07 Å². The predicted molar refractivity (Wildman–Crippen MR) is 87.0 cm³/mol. The third-order valence-electron chi connectivity index (χ3n) is 2.78. The van der Waals surface area contributed by atoms with Crippen LogP contribution in [-0.4, -0.2) is 9.97 Å². The number of nitrogens with two attached hydrogens (primary N) is 1. The van der Waals surface area contributed by atoms with E-state index < -0.39 is 0 Å². The van der Waals surface area contributed by atoms with Crippen LogP contribution in [0.15, 0.2) is 28.7 Å². The lowest BCUT2D eigenvalue weighted by atomic mass is 10.1. The maximum Gasteiger partial charge on any atom is 0.147 e. The topological polar surface area (TPSA) is 50.9 Å². The fourth-order valence-electron chi connectivity index (χ4n) is 1.97. The summed E-state index contributed by atoms with van der Waals surface area (Å²) in [5, 5.41) is 3.03. The van der Waals surface area contributed by atoms with Crippen molar-refractivity contribution in [2.24, 2.45) is 5.73 Å². The van der Waals surface area contributed by atoms with Crippen LogP contribution in [0.3, 0.4) is 0 Å². The Morgan fingerprint density at radius 2 is 2.00 bits per heavy atom. The molecule has 0 radical (unpaired) electrons. The van der Waals surface area contributed by atoms with Crippen LogP contribution < -0.4 is 11.1 Å². The van der Waals surface area contributed by atoms with E-state index >= 15 is 0 Å².